The Bertz CT molecular complexity index is 1050. The monoisotopic (exact) mass is 394 g/mol. The van der Waals surface area contributed by atoms with Crippen LogP contribution in [0.5, 0.6) is 5.75 Å². The third-order valence-electron chi connectivity index (χ3n) is 4.24. The molecule has 0 bridgehead atoms. The molecule has 3 rings (SSSR count). The molecule has 5 nitrogen and oxygen atoms in total. The van der Waals surface area contributed by atoms with Gasteiger partial charge in [0.25, 0.3) is 0 Å². The van der Waals surface area contributed by atoms with Crippen molar-refractivity contribution in [3.63, 3.8) is 0 Å². The van der Waals surface area contributed by atoms with E-state index in [1.165, 1.54) is 24.3 Å². The number of nitrogens with one attached hydrogen (secondary N) is 1. The van der Waals surface area contributed by atoms with Crippen LogP contribution in [-0.4, -0.2) is 28.1 Å². The van der Waals surface area contributed by atoms with E-state index < -0.39 is 11.6 Å². The molecule has 0 aliphatic heterocycles. The zero-order valence-electron chi connectivity index (χ0n) is 15.8. The molecule has 0 aliphatic carbocycles. The van der Waals surface area contributed by atoms with Gasteiger partial charge in [-0.3, -0.25) is 10.1 Å². The average molecular weight is 394 g/mol. The molecule has 2 aromatic carbocycles. The quantitative estimate of drug-likeness (QED) is 0.443. The van der Waals surface area contributed by atoms with Crippen LogP contribution >= 0.6 is 0 Å². The number of halogens is 2. The predicted molar refractivity (Wildman–Crippen MR) is 111 cm³/mol. The van der Waals surface area contributed by atoms with Gasteiger partial charge in [0.15, 0.2) is 17.4 Å². The Morgan fingerprint density at radius 3 is 2.62 bits per heavy atom. The van der Waals surface area contributed by atoms with Crippen LogP contribution in [0.25, 0.3) is 0 Å². The number of aliphatic imine (C=N–C) groups is 1. The SMILES string of the molecule is C=C/C=C\C(=NC)c1cc(N(Cc2ccc(F)cc2)c2ccc(F)c(O)c2)n[nH]1. The summed E-state index contributed by atoms with van der Waals surface area (Å²) < 4.78 is 26.8. The van der Waals surface area contributed by atoms with Crippen LogP contribution in [-0.2, 0) is 6.54 Å². The van der Waals surface area contributed by atoms with Crippen molar-refractivity contribution in [1.29, 1.82) is 0 Å². The summed E-state index contributed by atoms with van der Waals surface area (Å²) in [5, 5.41) is 17.1. The molecule has 0 fully saturated rings. The third kappa shape index (κ3) is 4.76. The van der Waals surface area contributed by atoms with Gasteiger partial charge in [-0.05, 0) is 35.9 Å². The lowest BCUT2D eigenvalue weighted by Gasteiger charge is -2.22. The second-order valence-corrected chi connectivity index (χ2v) is 6.19. The molecular weight excluding hydrogens is 374 g/mol. The first-order chi connectivity index (χ1) is 14.0. The van der Waals surface area contributed by atoms with Crippen molar-refractivity contribution in [2.45, 2.75) is 6.54 Å². The molecule has 0 radical (unpaired) electrons. The molecule has 29 heavy (non-hydrogen) atoms. The molecule has 0 saturated carbocycles. The average Bonchev–Trinajstić information content (AvgIpc) is 3.20. The van der Waals surface area contributed by atoms with E-state index in [0.717, 1.165) is 5.56 Å². The number of allylic oxidation sites excluding steroid dienone is 3. The van der Waals surface area contributed by atoms with E-state index in [9.17, 15) is 13.9 Å². The van der Waals surface area contributed by atoms with E-state index in [1.54, 1.807) is 54.4 Å². The smallest absolute Gasteiger partial charge is 0.164 e. The molecular formula is C22H20F2N4O. The lowest BCUT2D eigenvalue weighted by molar-refractivity contribution is 0.432. The number of nitrogens with zero attached hydrogens (tertiary/aromatic N) is 3. The topological polar surface area (TPSA) is 64.5 Å². The molecule has 0 spiro atoms. The van der Waals surface area contributed by atoms with E-state index in [1.807, 2.05) is 0 Å². The van der Waals surface area contributed by atoms with Gasteiger partial charge in [-0.2, -0.15) is 5.10 Å². The number of hydrogen-bond donors (Lipinski definition) is 2. The molecule has 3 aromatic rings. The Labute approximate surface area is 167 Å². The maximum Gasteiger partial charge on any atom is 0.164 e. The standard InChI is InChI=1S/C22H20F2N4O/c1-3-4-5-19(25-2)20-13-22(27-26-20)28(14-15-6-8-16(23)9-7-15)17-10-11-18(24)21(29)12-17/h3-13,29H,1,14H2,2H3,(H,26,27)/b5-4-,25-19?. The molecule has 0 amide bonds. The molecule has 0 aliphatic rings. The van der Waals surface area contributed by atoms with Crippen LogP contribution in [0.3, 0.4) is 0 Å². The molecule has 0 atom stereocenters. The molecule has 0 unspecified atom stereocenters. The van der Waals surface area contributed by atoms with Crippen molar-refractivity contribution in [3.05, 3.63) is 96.2 Å². The van der Waals surface area contributed by atoms with Gasteiger partial charge in [0, 0.05) is 31.4 Å². The fourth-order valence-corrected chi connectivity index (χ4v) is 2.77. The molecule has 1 heterocycles. The maximum atomic E-state index is 13.5. The Balaban J connectivity index is 2.00. The van der Waals surface area contributed by atoms with Gasteiger partial charge >= 0.3 is 0 Å². The molecule has 1 aromatic heterocycles. The Kier molecular flexibility index (Phi) is 6.19. The fraction of sp³-hybridized carbons (Fsp3) is 0.0909. The highest BCUT2D eigenvalue weighted by molar-refractivity contribution is 6.07. The number of anilines is 2. The summed E-state index contributed by atoms with van der Waals surface area (Å²) in [6.07, 6.45) is 5.19. The Morgan fingerprint density at radius 1 is 1.21 bits per heavy atom. The van der Waals surface area contributed by atoms with E-state index in [4.69, 9.17) is 0 Å². The highest BCUT2D eigenvalue weighted by atomic mass is 19.1. The van der Waals surface area contributed by atoms with Crippen LogP contribution < -0.4 is 4.90 Å². The zero-order chi connectivity index (χ0) is 20.8. The van der Waals surface area contributed by atoms with Crippen LogP contribution in [0.15, 0.2) is 78.3 Å². The number of phenolic OH excluding ortho intramolecular Hbond substituents is 1. The summed E-state index contributed by atoms with van der Waals surface area (Å²) in [5.41, 5.74) is 2.70. The van der Waals surface area contributed by atoms with Gasteiger partial charge < -0.3 is 10.0 Å². The summed E-state index contributed by atoms with van der Waals surface area (Å²) in [5.74, 6) is -0.983. The van der Waals surface area contributed by atoms with Gasteiger partial charge in [-0.1, -0.05) is 30.9 Å². The number of aromatic hydroxyl groups is 1. The largest absolute Gasteiger partial charge is 0.505 e. The van der Waals surface area contributed by atoms with Gasteiger partial charge in [0.1, 0.15) is 5.82 Å². The van der Waals surface area contributed by atoms with Crippen LogP contribution in [0.2, 0.25) is 0 Å². The lowest BCUT2D eigenvalue weighted by atomic mass is 10.1. The summed E-state index contributed by atoms with van der Waals surface area (Å²) in [6.45, 7) is 3.98. The highest BCUT2D eigenvalue weighted by Gasteiger charge is 2.17. The number of phenols is 1. The highest BCUT2D eigenvalue weighted by Crippen LogP contribution is 2.30. The van der Waals surface area contributed by atoms with E-state index >= 15 is 0 Å². The van der Waals surface area contributed by atoms with Gasteiger partial charge in [0.2, 0.25) is 0 Å². The second kappa shape index (κ2) is 8.97. The first kappa shape index (κ1) is 20.0. The number of H-pyrrole nitrogens is 1. The number of hydrogen-bond acceptors (Lipinski definition) is 4. The molecule has 148 valence electrons. The van der Waals surface area contributed by atoms with Crippen LogP contribution in [0.4, 0.5) is 20.3 Å². The number of aromatic amines is 1. The summed E-state index contributed by atoms with van der Waals surface area (Å²) >= 11 is 0. The minimum atomic E-state index is -0.715. The Hall–Kier alpha value is -3.74. The molecule has 0 saturated heterocycles. The van der Waals surface area contributed by atoms with Crippen molar-refractivity contribution in [1.82, 2.24) is 10.2 Å². The van der Waals surface area contributed by atoms with Crippen molar-refractivity contribution < 1.29 is 13.9 Å². The van der Waals surface area contributed by atoms with Crippen molar-refractivity contribution in [2.75, 3.05) is 11.9 Å². The minimum Gasteiger partial charge on any atom is -0.505 e. The maximum absolute atomic E-state index is 13.5. The van der Waals surface area contributed by atoms with E-state index in [0.29, 0.717) is 29.5 Å². The van der Waals surface area contributed by atoms with Gasteiger partial charge in [-0.15, -0.1) is 0 Å². The minimum absolute atomic E-state index is 0.330. The van der Waals surface area contributed by atoms with Crippen LogP contribution in [0.1, 0.15) is 11.3 Å². The van der Waals surface area contributed by atoms with E-state index in [-0.39, 0.29) is 5.82 Å². The molecule has 2 N–H and O–H groups in total. The third-order valence-corrected chi connectivity index (χ3v) is 4.24. The number of rotatable bonds is 7. The van der Waals surface area contributed by atoms with Crippen molar-refractivity contribution in [2.24, 2.45) is 4.99 Å². The van der Waals surface area contributed by atoms with Crippen molar-refractivity contribution >= 4 is 17.2 Å². The Morgan fingerprint density at radius 2 is 1.97 bits per heavy atom. The lowest BCUT2D eigenvalue weighted by Crippen LogP contribution is -2.17. The predicted octanol–water partition coefficient (Wildman–Crippen LogP) is 4.89. The van der Waals surface area contributed by atoms with Crippen molar-refractivity contribution in [3.8, 4) is 5.75 Å². The van der Waals surface area contributed by atoms with Gasteiger partial charge in [0.05, 0.1) is 11.4 Å². The summed E-state index contributed by atoms with van der Waals surface area (Å²) in [4.78, 5) is 6.00. The van der Waals surface area contributed by atoms with E-state index in [2.05, 4.69) is 21.8 Å². The number of benzene rings is 2. The fourth-order valence-electron chi connectivity index (χ4n) is 2.77. The van der Waals surface area contributed by atoms with Crippen LogP contribution in [0, 0.1) is 11.6 Å². The number of aromatic nitrogens is 2. The zero-order valence-corrected chi connectivity index (χ0v) is 15.8. The summed E-state index contributed by atoms with van der Waals surface area (Å²) in [6, 6.07) is 11.9. The summed E-state index contributed by atoms with van der Waals surface area (Å²) in [7, 11) is 1.66. The normalized spacial score (nSPS) is 11.8. The first-order valence-electron chi connectivity index (χ1n) is 8.84. The first-order valence-corrected chi connectivity index (χ1v) is 8.84. The molecule has 7 heteroatoms. The van der Waals surface area contributed by atoms with Gasteiger partial charge in [-0.25, -0.2) is 8.78 Å². The second-order valence-electron chi connectivity index (χ2n) is 6.19.